The van der Waals surface area contributed by atoms with Crippen molar-refractivity contribution < 1.29 is 9.47 Å². The molecule has 0 unspecified atom stereocenters. The van der Waals surface area contributed by atoms with Crippen molar-refractivity contribution >= 4 is 17.5 Å². The first-order chi connectivity index (χ1) is 12.7. The SMILES string of the molecule is COCCNc1nc(C)cc(Nc2ccccc2Oc2ccccc2)n1. The van der Waals surface area contributed by atoms with Crippen LogP contribution >= 0.6 is 0 Å². The maximum atomic E-state index is 5.98. The molecule has 1 heterocycles. The number of para-hydroxylation sites is 3. The van der Waals surface area contributed by atoms with Gasteiger partial charge in [0.05, 0.1) is 12.3 Å². The third-order valence-corrected chi connectivity index (χ3v) is 3.56. The lowest BCUT2D eigenvalue weighted by Crippen LogP contribution is -2.11. The molecule has 6 nitrogen and oxygen atoms in total. The van der Waals surface area contributed by atoms with Crippen molar-refractivity contribution in [3.63, 3.8) is 0 Å². The summed E-state index contributed by atoms with van der Waals surface area (Å²) in [6.45, 7) is 3.17. The largest absolute Gasteiger partial charge is 0.455 e. The van der Waals surface area contributed by atoms with Gasteiger partial charge in [-0.2, -0.15) is 4.98 Å². The van der Waals surface area contributed by atoms with E-state index in [0.717, 1.165) is 22.9 Å². The zero-order valence-electron chi connectivity index (χ0n) is 14.9. The van der Waals surface area contributed by atoms with Gasteiger partial charge in [-0.15, -0.1) is 0 Å². The van der Waals surface area contributed by atoms with E-state index in [1.807, 2.05) is 67.6 Å². The summed E-state index contributed by atoms with van der Waals surface area (Å²) in [7, 11) is 1.66. The minimum Gasteiger partial charge on any atom is -0.455 e. The molecule has 26 heavy (non-hydrogen) atoms. The van der Waals surface area contributed by atoms with Crippen LogP contribution in [-0.2, 0) is 4.74 Å². The fourth-order valence-corrected chi connectivity index (χ4v) is 2.39. The number of benzene rings is 2. The molecule has 3 aromatic rings. The molecule has 0 aliphatic heterocycles. The molecule has 0 saturated heterocycles. The van der Waals surface area contributed by atoms with E-state index in [0.29, 0.717) is 24.9 Å². The maximum absolute atomic E-state index is 5.98. The third kappa shape index (κ3) is 4.94. The fourth-order valence-electron chi connectivity index (χ4n) is 2.39. The molecule has 134 valence electrons. The second-order valence-corrected chi connectivity index (χ2v) is 5.67. The average molecular weight is 350 g/mol. The Kier molecular flexibility index (Phi) is 6.01. The van der Waals surface area contributed by atoms with Crippen molar-refractivity contribution in [3.05, 3.63) is 66.4 Å². The number of hydrogen-bond donors (Lipinski definition) is 2. The molecule has 0 aliphatic carbocycles. The second-order valence-electron chi connectivity index (χ2n) is 5.67. The zero-order chi connectivity index (χ0) is 18.2. The molecule has 2 aromatic carbocycles. The molecule has 0 atom stereocenters. The third-order valence-electron chi connectivity index (χ3n) is 3.56. The van der Waals surface area contributed by atoms with Gasteiger partial charge in [0.15, 0.2) is 5.75 Å². The van der Waals surface area contributed by atoms with Gasteiger partial charge in [-0.1, -0.05) is 30.3 Å². The van der Waals surface area contributed by atoms with Crippen molar-refractivity contribution in [1.82, 2.24) is 9.97 Å². The van der Waals surface area contributed by atoms with Crippen molar-refractivity contribution in [2.45, 2.75) is 6.92 Å². The van der Waals surface area contributed by atoms with Gasteiger partial charge >= 0.3 is 0 Å². The minimum absolute atomic E-state index is 0.561. The predicted octanol–water partition coefficient (Wildman–Crippen LogP) is 4.38. The van der Waals surface area contributed by atoms with Gasteiger partial charge in [0.2, 0.25) is 5.95 Å². The number of hydrogen-bond acceptors (Lipinski definition) is 6. The van der Waals surface area contributed by atoms with Crippen molar-refractivity contribution in [1.29, 1.82) is 0 Å². The molecule has 2 N–H and O–H groups in total. The predicted molar refractivity (Wildman–Crippen MR) is 103 cm³/mol. The number of anilines is 3. The monoisotopic (exact) mass is 350 g/mol. The van der Waals surface area contributed by atoms with Gasteiger partial charge in [-0.25, -0.2) is 4.98 Å². The smallest absolute Gasteiger partial charge is 0.224 e. The number of aromatic nitrogens is 2. The van der Waals surface area contributed by atoms with Gasteiger partial charge in [-0.05, 0) is 31.2 Å². The Morgan fingerprint density at radius 1 is 0.962 bits per heavy atom. The Morgan fingerprint density at radius 3 is 2.54 bits per heavy atom. The van der Waals surface area contributed by atoms with E-state index in [1.54, 1.807) is 7.11 Å². The van der Waals surface area contributed by atoms with Crippen LogP contribution in [-0.4, -0.2) is 30.2 Å². The van der Waals surface area contributed by atoms with Crippen molar-refractivity contribution in [2.24, 2.45) is 0 Å². The molecule has 0 amide bonds. The Morgan fingerprint density at radius 2 is 1.73 bits per heavy atom. The highest BCUT2D eigenvalue weighted by molar-refractivity contribution is 5.65. The minimum atomic E-state index is 0.561. The number of rotatable bonds is 8. The van der Waals surface area contributed by atoms with E-state index in [2.05, 4.69) is 20.6 Å². The van der Waals surface area contributed by atoms with Gasteiger partial charge in [0.1, 0.15) is 11.6 Å². The van der Waals surface area contributed by atoms with Gasteiger partial charge in [-0.3, -0.25) is 0 Å². The summed E-state index contributed by atoms with van der Waals surface area (Å²) in [5.41, 5.74) is 1.70. The number of nitrogens with one attached hydrogen (secondary N) is 2. The Hall–Kier alpha value is -3.12. The van der Waals surface area contributed by atoms with E-state index >= 15 is 0 Å². The highest BCUT2D eigenvalue weighted by Gasteiger charge is 2.07. The van der Waals surface area contributed by atoms with Crippen LogP contribution in [0.25, 0.3) is 0 Å². The lowest BCUT2D eigenvalue weighted by atomic mass is 10.2. The van der Waals surface area contributed by atoms with Crippen LogP contribution in [0.4, 0.5) is 17.5 Å². The topological polar surface area (TPSA) is 68.3 Å². The van der Waals surface area contributed by atoms with Crippen molar-refractivity contribution in [2.75, 3.05) is 30.9 Å². The molecular formula is C20H22N4O2. The van der Waals surface area contributed by atoms with Crippen LogP contribution in [0.2, 0.25) is 0 Å². The van der Waals surface area contributed by atoms with E-state index in [9.17, 15) is 0 Å². The van der Waals surface area contributed by atoms with E-state index in [1.165, 1.54) is 0 Å². The Labute approximate surface area is 153 Å². The van der Waals surface area contributed by atoms with Crippen LogP contribution in [0, 0.1) is 6.92 Å². The quantitative estimate of drug-likeness (QED) is 0.588. The van der Waals surface area contributed by atoms with Crippen LogP contribution in [0.1, 0.15) is 5.69 Å². The van der Waals surface area contributed by atoms with Crippen molar-refractivity contribution in [3.8, 4) is 11.5 Å². The lowest BCUT2D eigenvalue weighted by Gasteiger charge is -2.14. The summed E-state index contributed by atoms with van der Waals surface area (Å²) in [6, 6.07) is 19.3. The normalized spacial score (nSPS) is 10.4. The molecule has 0 saturated carbocycles. The van der Waals surface area contributed by atoms with E-state index < -0.39 is 0 Å². The highest BCUT2D eigenvalue weighted by Crippen LogP contribution is 2.31. The van der Waals surface area contributed by atoms with E-state index in [-0.39, 0.29) is 0 Å². The summed E-state index contributed by atoms with van der Waals surface area (Å²) in [5, 5.41) is 6.47. The Bertz CT molecular complexity index is 840. The molecule has 0 fully saturated rings. The van der Waals surface area contributed by atoms with Crippen LogP contribution < -0.4 is 15.4 Å². The first-order valence-electron chi connectivity index (χ1n) is 8.42. The molecule has 3 rings (SSSR count). The van der Waals surface area contributed by atoms with Crippen LogP contribution in [0.5, 0.6) is 11.5 Å². The van der Waals surface area contributed by atoms with Gasteiger partial charge < -0.3 is 20.1 Å². The highest BCUT2D eigenvalue weighted by atomic mass is 16.5. The summed E-state index contributed by atoms with van der Waals surface area (Å²) in [5.74, 6) is 2.76. The molecular weight excluding hydrogens is 328 g/mol. The lowest BCUT2D eigenvalue weighted by molar-refractivity contribution is 0.210. The standard InChI is InChI=1S/C20H22N4O2/c1-15-14-19(24-20(22-15)21-12-13-25-2)23-17-10-6-7-11-18(17)26-16-8-4-3-5-9-16/h3-11,14H,12-13H2,1-2H3,(H2,21,22,23,24). The second kappa shape index (κ2) is 8.82. The zero-order valence-corrected chi connectivity index (χ0v) is 14.9. The van der Waals surface area contributed by atoms with Gasteiger partial charge in [0, 0.05) is 25.4 Å². The number of methoxy groups -OCH3 is 1. The first-order valence-corrected chi connectivity index (χ1v) is 8.42. The number of ether oxygens (including phenoxy) is 2. The maximum Gasteiger partial charge on any atom is 0.224 e. The molecule has 0 bridgehead atoms. The summed E-state index contributed by atoms with van der Waals surface area (Å²) in [6.07, 6.45) is 0. The molecule has 1 aromatic heterocycles. The summed E-state index contributed by atoms with van der Waals surface area (Å²) < 4.78 is 11.0. The first kappa shape index (κ1) is 17.7. The number of aryl methyl sites for hydroxylation is 1. The molecule has 0 spiro atoms. The molecule has 6 heteroatoms. The van der Waals surface area contributed by atoms with Crippen LogP contribution in [0.3, 0.4) is 0 Å². The number of nitrogens with zero attached hydrogens (tertiary/aromatic N) is 2. The Balaban J connectivity index is 1.78. The van der Waals surface area contributed by atoms with Crippen LogP contribution in [0.15, 0.2) is 60.7 Å². The summed E-state index contributed by atoms with van der Waals surface area (Å²) >= 11 is 0. The molecule has 0 radical (unpaired) electrons. The molecule has 0 aliphatic rings. The average Bonchev–Trinajstić information content (AvgIpc) is 2.64. The fraction of sp³-hybridized carbons (Fsp3) is 0.200. The van der Waals surface area contributed by atoms with Gasteiger partial charge in [0.25, 0.3) is 0 Å². The van der Waals surface area contributed by atoms with E-state index in [4.69, 9.17) is 9.47 Å². The summed E-state index contributed by atoms with van der Waals surface area (Å²) in [4.78, 5) is 8.89.